The first-order valence-corrected chi connectivity index (χ1v) is 4.76. The second-order valence-electron chi connectivity index (χ2n) is 3.11. The fourth-order valence-corrected chi connectivity index (χ4v) is 1.02. The lowest BCUT2D eigenvalue weighted by Crippen LogP contribution is -2.22. The number of amides is 1. The van der Waals surface area contributed by atoms with E-state index in [0.717, 1.165) is 0 Å². The van der Waals surface area contributed by atoms with Gasteiger partial charge in [0.15, 0.2) is 0 Å². The molecule has 5 heteroatoms. The van der Waals surface area contributed by atoms with Gasteiger partial charge >= 0.3 is 0 Å². The van der Waals surface area contributed by atoms with Crippen LogP contribution in [0.5, 0.6) is 0 Å². The summed E-state index contributed by atoms with van der Waals surface area (Å²) in [5.41, 5.74) is 2.57. The van der Waals surface area contributed by atoms with Crippen LogP contribution in [0.25, 0.3) is 0 Å². The van der Waals surface area contributed by atoms with E-state index in [9.17, 15) is 9.59 Å². The largest absolute Gasteiger partial charge is 0.318 e. The molecule has 1 N–H and O–H groups in total. The van der Waals surface area contributed by atoms with Gasteiger partial charge in [-0.3, -0.25) is 9.59 Å². The number of allylic oxidation sites excluding steroid dienone is 2. The molecule has 1 amide bonds. The van der Waals surface area contributed by atoms with Crippen LogP contribution >= 0.6 is 0 Å². The van der Waals surface area contributed by atoms with Gasteiger partial charge in [-0.1, -0.05) is 6.08 Å². The first-order valence-electron chi connectivity index (χ1n) is 4.76. The summed E-state index contributed by atoms with van der Waals surface area (Å²) in [6.07, 6.45) is 6.42. The van der Waals surface area contributed by atoms with E-state index in [-0.39, 0.29) is 11.5 Å². The van der Waals surface area contributed by atoms with Crippen molar-refractivity contribution in [2.75, 3.05) is 0 Å². The first kappa shape index (κ1) is 11.9. The molecule has 0 saturated heterocycles. The van der Waals surface area contributed by atoms with E-state index in [1.165, 1.54) is 29.1 Å². The summed E-state index contributed by atoms with van der Waals surface area (Å²) in [6, 6.07) is 2.80. The molecule has 1 heterocycles. The number of aryl methyl sites for hydroxylation is 1. The van der Waals surface area contributed by atoms with Gasteiger partial charge in [-0.05, 0) is 19.1 Å². The van der Waals surface area contributed by atoms with E-state index < -0.39 is 0 Å². The van der Waals surface area contributed by atoms with Crippen LogP contribution in [0, 0.1) is 0 Å². The summed E-state index contributed by atoms with van der Waals surface area (Å²) < 4.78 is 1.34. The van der Waals surface area contributed by atoms with Crippen LogP contribution in [0.15, 0.2) is 40.4 Å². The third-order valence-corrected chi connectivity index (χ3v) is 1.87. The second kappa shape index (κ2) is 5.65. The van der Waals surface area contributed by atoms with Crippen molar-refractivity contribution in [3.63, 3.8) is 0 Å². The number of hydrogen-bond donors (Lipinski definition) is 1. The zero-order valence-corrected chi connectivity index (χ0v) is 9.18. The Morgan fingerprint density at radius 2 is 2.25 bits per heavy atom. The van der Waals surface area contributed by atoms with Crippen molar-refractivity contribution >= 4 is 12.1 Å². The van der Waals surface area contributed by atoms with Crippen molar-refractivity contribution in [1.29, 1.82) is 0 Å². The van der Waals surface area contributed by atoms with Gasteiger partial charge in [-0.2, -0.15) is 5.10 Å². The molecular formula is C11H13N3O2. The number of hydrogen-bond acceptors (Lipinski definition) is 3. The summed E-state index contributed by atoms with van der Waals surface area (Å²) in [4.78, 5) is 22.6. The molecule has 0 radical (unpaired) electrons. The van der Waals surface area contributed by atoms with Gasteiger partial charge in [0.25, 0.3) is 5.91 Å². The average molecular weight is 219 g/mol. The van der Waals surface area contributed by atoms with Gasteiger partial charge < -0.3 is 4.57 Å². The normalized spacial score (nSPS) is 11.1. The average Bonchev–Trinajstić information content (AvgIpc) is 2.28. The van der Waals surface area contributed by atoms with E-state index in [2.05, 4.69) is 10.5 Å². The highest BCUT2D eigenvalue weighted by Gasteiger charge is 2.04. The molecule has 0 aromatic carbocycles. The zero-order chi connectivity index (χ0) is 12.0. The van der Waals surface area contributed by atoms with Crippen LogP contribution in [0.3, 0.4) is 0 Å². The summed E-state index contributed by atoms with van der Waals surface area (Å²) in [5.74, 6) is -0.351. The number of pyridine rings is 1. The zero-order valence-electron chi connectivity index (χ0n) is 9.18. The standard InChI is InChI=1S/C11H13N3O2/c1-3-4-7-12-13-11(16)9-5-6-10(15)14(2)8-9/h3-8H,1-2H3,(H,13,16)/b4-3+,12-7-. The Labute approximate surface area is 93.1 Å². The molecule has 0 saturated carbocycles. The Hall–Kier alpha value is -2.17. The quantitative estimate of drug-likeness (QED) is 0.600. The maximum absolute atomic E-state index is 11.5. The maximum atomic E-state index is 11.5. The SMILES string of the molecule is C/C=C/C=N\NC(=O)c1ccc(=O)n(C)c1. The summed E-state index contributed by atoms with van der Waals surface area (Å²) in [7, 11) is 1.59. The number of aromatic nitrogens is 1. The molecule has 0 unspecified atom stereocenters. The van der Waals surface area contributed by atoms with Gasteiger partial charge in [-0.25, -0.2) is 5.43 Å². The molecule has 0 bridgehead atoms. The van der Waals surface area contributed by atoms with Crippen LogP contribution in [-0.2, 0) is 7.05 Å². The first-order chi connectivity index (χ1) is 7.65. The van der Waals surface area contributed by atoms with E-state index in [0.29, 0.717) is 5.56 Å². The van der Waals surface area contributed by atoms with Gasteiger partial charge in [0, 0.05) is 25.5 Å². The molecule has 0 aliphatic carbocycles. The summed E-state index contributed by atoms with van der Waals surface area (Å²) in [6.45, 7) is 1.85. The molecule has 1 aromatic heterocycles. The third-order valence-electron chi connectivity index (χ3n) is 1.87. The molecule has 0 atom stereocenters. The van der Waals surface area contributed by atoms with Crippen molar-refractivity contribution in [2.24, 2.45) is 12.1 Å². The number of nitrogens with one attached hydrogen (secondary N) is 1. The Morgan fingerprint density at radius 3 is 2.88 bits per heavy atom. The highest BCUT2D eigenvalue weighted by molar-refractivity contribution is 5.94. The predicted octanol–water partition coefficient (Wildman–Crippen LogP) is 0.677. The number of carbonyl (C=O) groups excluding carboxylic acids is 1. The third kappa shape index (κ3) is 3.20. The Morgan fingerprint density at radius 1 is 1.50 bits per heavy atom. The summed E-state index contributed by atoms with van der Waals surface area (Å²) in [5, 5.41) is 3.69. The Balaban J connectivity index is 2.73. The lowest BCUT2D eigenvalue weighted by Gasteiger charge is -2.01. The predicted molar refractivity (Wildman–Crippen MR) is 62.5 cm³/mol. The molecule has 16 heavy (non-hydrogen) atoms. The van der Waals surface area contributed by atoms with E-state index in [1.54, 1.807) is 19.2 Å². The molecule has 0 fully saturated rings. The van der Waals surface area contributed by atoms with Crippen LogP contribution in [0.4, 0.5) is 0 Å². The fraction of sp³-hybridized carbons (Fsp3) is 0.182. The maximum Gasteiger partial charge on any atom is 0.272 e. The lowest BCUT2D eigenvalue weighted by atomic mass is 10.3. The van der Waals surface area contributed by atoms with E-state index in [4.69, 9.17) is 0 Å². The molecule has 1 aromatic rings. The number of carbonyl (C=O) groups is 1. The highest BCUT2D eigenvalue weighted by atomic mass is 16.2. The lowest BCUT2D eigenvalue weighted by molar-refractivity contribution is 0.0954. The number of hydrazone groups is 1. The van der Waals surface area contributed by atoms with E-state index >= 15 is 0 Å². The van der Waals surface area contributed by atoms with Gasteiger partial charge in [0.05, 0.1) is 5.56 Å². The second-order valence-corrected chi connectivity index (χ2v) is 3.11. The topological polar surface area (TPSA) is 63.5 Å². The molecule has 1 rings (SSSR count). The number of nitrogens with zero attached hydrogens (tertiary/aromatic N) is 2. The van der Waals surface area contributed by atoms with Crippen molar-refractivity contribution in [3.8, 4) is 0 Å². The molecule has 0 aliphatic rings. The smallest absolute Gasteiger partial charge is 0.272 e. The molecular weight excluding hydrogens is 206 g/mol. The number of rotatable bonds is 3. The van der Waals surface area contributed by atoms with E-state index in [1.807, 2.05) is 6.92 Å². The van der Waals surface area contributed by atoms with Crippen molar-refractivity contribution in [3.05, 3.63) is 46.4 Å². The van der Waals surface area contributed by atoms with Crippen LogP contribution < -0.4 is 11.0 Å². The minimum Gasteiger partial charge on any atom is -0.318 e. The highest BCUT2D eigenvalue weighted by Crippen LogP contribution is 1.94. The molecule has 84 valence electrons. The van der Waals surface area contributed by atoms with Crippen LogP contribution in [0.2, 0.25) is 0 Å². The minimum atomic E-state index is -0.351. The molecule has 0 aliphatic heterocycles. The van der Waals surface area contributed by atoms with Crippen LogP contribution in [0.1, 0.15) is 17.3 Å². The van der Waals surface area contributed by atoms with Crippen LogP contribution in [-0.4, -0.2) is 16.7 Å². The Bertz CT molecular complexity index is 486. The van der Waals surface area contributed by atoms with Crippen molar-refractivity contribution in [2.45, 2.75) is 6.92 Å². The fourth-order valence-electron chi connectivity index (χ4n) is 1.02. The Kier molecular flexibility index (Phi) is 4.20. The molecule has 5 nitrogen and oxygen atoms in total. The minimum absolute atomic E-state index is 0.158. The summed E-state index contributed by atoms with van der Waals surface area (Å²) >= 11 is 0. The van der Waals surface area contributed by atoms with Crippen molar-refractivity contribution < 1.29 is 4.79 Å². The van der Waals surface area contributed by atoms with Gasteiger partial charge in [0.2, 0.25) is 5.56 Å². The monoisotopic (exact) mass is 219 g/mol. The van der Waals surface area contributed by atoms with Gasteiger partial charge in [-0.15, -0.1) is 0 Å². The van der Waals surface area contributed by atoms with Crippen molar-refractivity contribution in [1.82, 2.24) is 9.99 Å². The van der Waals surface area contributed by atoms with Gasteiger partial charge in [0.1, 0.15) is 0 Å². The molecule has 0 spiro atoms.